The van der Waals surface area contributed by atoms with Crippen LogP contribution in [0.3, 0.4) is 0 Å². The fourth-order valence-electron chi connectivity index (χ4n) is 6.04. The lowest BCUT2D eigenvalue weighted by Crippen LogP contribution is -2.36. The highest BCUT2D eigenvalue weighted by Gasteiger charge is 2.33. The van der Waals surface area contributed by atoms with Gasteiger partial charge in [0.15, 0.2) is 5.69 Å². The van der Waals surface area contributed by atoms with E-state index in [0.717, 1.165) is 17.4 Å². The molecule has 0 amide bonds. The molecule has 0 spiro atoms. The van der Waals surface area contributed by atoms with Gasteiger partial charge < -0.3 is 4.74 Å². The van der Waals surface area contributed by atoms with Crippen molar-refractivity contribution in [1.29, 1.82) is 0 Å². The monoisotopic (exact) mass is 408 g/mol. The second kappa shape index (κ2) is 6.82. The number of ether oxygens (including phenoxy) is 1. The molecule has 0 atom stereocenters. The number of rotatable bonds is 2. The Labute approximate surface area is 184 Å². The number of fused-ring (bicyclic) bond motifs is 3. The average Bonchev–Trinajstić information content (AvgIpc) is 3.28. The molecule has 156 valence electrons. The van der Waals surface area contributed by atoms with Crippen molar-refractivity contribution >= 4 is 21.5 Å². The third kappa shape index (κ3) is 2.74. The molecule has 0 bridgehead atoms. The van der Waals surface area contributed by atoms with Crippen LogP contribution in [0.25, 0.3) is 32.8 Å². The van der Waals surface area contributed by atoms with E-state index in [1.807, 2.05) is 0 Å². The summed E-state index contributed by atoms with van der Waals surface area (Å²) in [6.07, 6.45) is 6.69. The van der Waals surface area contributed by atoms with Crippen molar-refractivity contribution in [1.82, 2.24) is 0 Å². The fraction of sp³-hybridized carbons (Fsp3) is 0.345. The molecular formula is C29H30NO+. The van der Waals surface area contributed by atoms with Gasteiger partial charge in [-0.3, -0.25) is 0 Å². The lowest BCUT2D eigenvalue weighted by molar-refractivity contribution is -0.665. The predicted octanol–water partition coefficient (Wildman–Crippen LogP) is 7.25. The molecule has 0 radical (unpaired) electrons. The minimum absolute atomic E-state index is 0.828. The fourth-order valence-corrected chi connectivity index (χ4v) is 6.04. The van der Waals surface area contributed by atoms with Crippen LogP contribution >= 0.6 is 0 Å². The van der Waals surface area contributed by atoms with Crippen molar-refractivity contribution in [3.05, 3.63) is 64.8 Å². The van der Waals surface area contributed by atoms with Gasteiger partial charge in [0.25, 0.3) is 0 Å². The van der Waals surface area contributed by atoms with Crippen LogP contribution in [-0.4, -0.2) is 0 Å². The van der Waals surface area contributed by atoms with Crippen LogP contribution in [0, 0.1) is 26.7 Å². The van der Waals surface area contributed by atoms with E-state index in [2.05, 4.69) is 74.9 Å². The number of pyridine rings is 1. The van der Waals surface area contributed by atoms with E-state index in [9.17, 15) is 0 Å². The van der Waals surface area contributed by atoms with E-state index >= 15 is 0 Å². The summed E-state index contributed by atoms with van der Waals surface area (Å²) in [6, 6.07) is 15.8. The van der Waals surface area contributed by atoms with Gasteiger partial charge in [0, 0.05) is 18.6 Å². The first kappa shape index (κ1) is 18.9. The Morgan fingerprint density at radius 2 is 1.65 bits per heavy atom. The Balaban J connectivity index is 1.67. The van der Waals surface area contributed by atoms with Crippen LogP contribution in [-0.2, 0) is 13.5 Å². The van der Waals surface area contributed by atoms with E-state index in [0.29, 0.717) is 0 Å². The molecule has 3 aromatic carbocycles. The van der Waals surface area contributed by atoms with Crippen LogP contribution in [0.4, 0.5) is 0 Å². The number of nitrogens with zero attached hydrogens (tertiary/aromatic N) is 1. The zero-order valence-electron chi connectivity index (χ0n) is 19.0. The summed E-state index contributed by atoms with van der Waals surface area (Å²) < 4.78 is 9.11. The van der Waals surface area contributed by atoms with Crippen LogP contribution in [0.2, 0.25) is 0 Å². The number of aromatic nitrogens is 1. The Bertz CT molecular complexity index is 1380. The maximum absolute atomic E-state index is 6.76. The molecule has 0 unspecified atom stereocenters. The molecule has 2 nitrogen and oxygen atoms in total. The lowest BCUT2D eigenvalue weighted by Gasteiger charge is -2.25. The summed E-state index contributed by atoms with van der Waals surface area (Å²) >= 11 is 0. The number of hydrogen-bond acceptors (Lipinski definition) is 1. The molecule has 0 N–H and O–H groups in total. The maximum atomic E-state index is 6.76. The molecule has 4 aromatic rings. The third-order valence-corrected chi connectivity index (χ3v) is 7.78. The molecule has 1 aliphatic heterocycles. The van der Waals surface area contributed by atoms with E-state index in [4.69, 9.17) is 4.74 Å². The van der Waals surface area contributed by atoms with Gasteiger partial charge in [-0.25, -0.2) is 0 Å². The van der Waals surface area contributed by atoms with Gasteiger partial charge in [-0.2, -0.15) is 4.57 Å². The normalized spacial score (nSPS) is 15.5. The van der Waals surface area contributed by atoms with Gasteiger partial charge in [0.2, 0.25) is 5.69 Å². The molecular weight excluding hydrogens is 378 g/mol. The third-order valence-electron chi connectivity index (χ3n) is 7.78. The van der Waals surface area contributed by atoms with Crippen molar-refractivity contribution in [3.8, 4) is 22.8 Å². The Morgan fingerprint density at radius 1 is 0.935 bits per heavy atom. The standard InChI is InChI=1S/C29H30NO/c1-17-13-22-15-21(14-20-9-5-6-10-20)16-25-27(22)28(30(17)4)26-18(2)23-11-7-8-12-24(23)19(3)29(26)31-25/h7-8,11-13,15-16,20H,5-6,9-10,14H2,1-4H3/q+1. The molecule has 1 saturated carbocycles. The van der Waals surface area contributed by atoms with Crippen molar-refractivity contribution in [2.24, 2.45) is 13.0 Å². The number of hydrogen-bond donors (Lipinski definition) is 0. The lowest BCUT2D eigenvalue weighted by atomic mass is 9.88. The largest absolute Gasteiger partial charge is 0.455 e. The van der Waals surface area contributed by atoms with E-state index in [1.54, 1.807) is 0 Å². The summed E-state index contributed by atoms with van der Waals surface area (Å²) in [5, 5.41) is 5.18. The maximum Gasteiger partial charge on any atom is 0.228 e. The summed E-state index contributed by atoms with van der Waals surface area (Å²) in [5.74, 6) is 2.89. The van der Waals surface area contributed by atoms with Crippen molar-refractivity contribution in [2.75, 3.05) is 0 Å². The second-order valence-corrected chi connectivity index (χ2v) is 9.71. The van der Waals surface area contributed by atoms with E-state index in [1.165, 1.54) is 87.3 Å². The van der Waals surface area contributed by atoms with Crippen molar-refractivity contribution < 1.29 is 9.30 Å². The first-order valence-corrected chi connectivity index (χ1v) is 11.7. The minimum atomic E-state index is 0.828. The topological polar surface area (TPSA) is 13.1 Å². The first-order chi connectivity index (χ1) is 15.0. The van der Waals surface area contributed by atoms with Crippen molar-refractivity contribution in [2.45, 2.75) is 52.9 Å². The number of benzene rings is 3. The van der Waals surface area contributed by atoms with E-state index in [-0.39, 0.29) is 0 Å². The van der Waals surface area contributed by atoms with Gasteiger partial charge in [0.05, 0.1) is 10.9 Å². The van der Waals surface area contributed by atoms with Crippen LogP contribution in [0.5, 0.6) is 11.5 Å². The Morgan fingerprint density at radius 3 is 2.39 bits per heavy atom. The highest BCUT2D eigenvalue weighted by atomic mass is 16.5. The van der Waals surface area contributed by atoms with Gasteiger partial charge in [-0.05, 0) is 59.5 Å². The molecule has 1 aliphatic carbocycles. The SMILES string of the molecule is Cc1c2c(c(C)c3ccccc13)-c1c3c(cc(CC4CCCC4)cc3cc(C)[n+]1C)O2. The Hall–Kier alpha value is -2.87. The zero-order chi connectivity index (χ0) is 21.3. The average molecular weight is 409 g/mol. The molecule has 1 aromatic heterocycles. The summed E-state index contributed by atoms with van der Waals surface area (Å²) in [4.78, 5) is 0. The molecule has 1 fully saturated rings. The second-order valence-electron chi connectivity index (χ2n) is 9.71. The highest BCUT2D eigenvalue weighted by molar-refractivity contribution is 6.06. The van der Waals surface area contributed by atoms with Crippen LogP contribution in [0.1, 0.15) is 48.1 Å². The first-order valence-electron chi connectivity index (χ1n) is 11.7. The number of aryl methyl sites for hydroxylation is 3. The van der Waals surface area contributed by atoms with Crippen molar-refractivity contribution in [3.63, 3.8) is 0 Å². The van der Waals surface area contributed by atoms with Gasteiger partial charge in [-0.1, -0.05) is 56.0 Å². The summed E-state index contributed by atoms with van der Waals surface area (Å²) in [7, 11) is 2.19. The minimum Gasteiger partial charge on any atom is -0.455 e. The molecule has 2 heteroatoms. The van der Waals surface area contributed by atoms with Crippen LogP contribution in [0.15, 0.2) is 42.5 Å². The quantitative estimate of drug-likeness (QED) is 0.280. The molecule has 31 heavy (non-hydrogen) atoms. The summed E-state index contributed by atoms with van der Waals surface area (Å²) in [5.41, 5.74) is 7.79. The van der Waals surface area contributed by atoms with E-state index < -0.39 is 0 Å². The molecule has 2 heterocycles. The Kier molecular flexibility index (Phi) is 4.15. The molecule has 0 saturated heterocycles. The smallest absolute Gasteiger partial charge is 0.228 e. The zero-order valence-corrected chi connectivity index (χ0v) is 19.0. The van der Waals surface area contributed by atoms with Crippen LogP contribution < -0.4 is 9.30 Å². The molecule has 2 aliphatic rings. The molecule has 6 rings (SSSR count). The summed E-state index contributed by atoms with van der Waals surface area (Å²) in [6.45, 7) is 6.68. The van der Waals surface area contributed by atoms with Gasteiger partial charge in [0.1, 0.15) is 18.5 Å². The highest BCUT2D eigenvalue weighted by Crippen LogP contribution is 2.50. The predicted molar refractivity (Wildman–Crippen MR) is 128 cm³/mol. The van der Waals surface area contributed by atoms with Gasteiger partial charge >= 0.3 is 0 Å². The van der Waals surface area contributed by atoms with Gasteiger partial charge in [-0.15, -0.1) is 0 Å².